The Morgan fingerprint density at radius 1 is 1.00 bits per heavy atom. The van der Waals surface area contributed by atoms with Crippen LogP contribution in [0.3, 0.4) is 0 Å². The highest BCUT2D eigenvalue weighted by atomic mass is 79.9. The second-order valence-corrected chi connectivity index (χ2v) is 9.06. The van der Waals surface area contributed by atoms with Crippen LogP contribution in [-0.4, -0.2) is 37.2 Å². The van der Waals surface area contributed by atoms with E-state index in [-0.39, 0.29) is 12.1 Å². The molecule has 1 saturated carbocycles. The molecule has 0 atom stereocenters. The van der Waals surface area contributed by atoms with Gasteiger partial charge in [0, 0.05) is 47.8 Å². The Hall–Kier alpha value is -2.80. The number of halogens is 1. The number of urea groups is 1. The number of carbonyl (C=O) groups is 1. The van der Waals surface area contributed by atoms with Gasteiger partial charge in [0.25, 0.3) is 0 Å². The highest BCUT2D eigenvalue weighted by molar-refractivity contribution is 9.10. The number of fused-ring (bicyclic) bond motifs is 1. The van der Waals surface area contributed by atoms with E-state index in [0.717, 1.165) is 58.3 Å². The Labute approximate surface area is 191 Å². The van der Waals surface area contributed by atoms with Crippen molar-refractivity contribution in [1.82, 2.24) is 10.3 Å². The number of aromatic nitrogens is 1. The van der Waals surface area contributed by atoms with Crippen LogP contribution in [0.4, 0.5) is 22.0 Å². The van der Waals surface area contributed by atoms with Gasteiger partial charge >= 0.3 is 6.03 Å². The molecule has 162 valence electrons. The van der Waals surface area contributed by atoms with Crippen LogP contribution < -0.4 is 20.9 Å². The number of carbonyl (C=O) groups excluding carboxylic acids is 1. The van der Waals surface area contributed by atoms with Crippen LogP contribution in [0.25, 0.3) is 10.9 Å². The SMILES string of the molecule is CN(C)c1cc(N[C@H]2CC[C@@H](NC(=O)Nc3ccccc3Br)CC2)nc2ccccc12. The van der Waals surface area contributed by atoms with E-state index >= 15 is 0 Å². The number of hydrogen-bond donors (Lipinski definition) is 3. The van der Waals surface area contributed by atoms with Gasteiger partial charge < -0.3 is 20.9 Å². The highest BCUT2D eigenvalue weighted by Gasteiger charge is 2.23. The third kappa shape index (κ3) is 5.28. The predicted octanol–water partition coefficient (Wildman–Crippen LogP) is 5.61. The first-order chi connectivity index (χ1) is 15.0. The summed E-state index contributed by atoms with van der Waals surface area (Å²) in [5.74, 6) is 0.908. The standard InChI is InChI=1S/C24H28BrN5O/c1-30(2)22-15-23(28-20-9-5-3-7-18(20)22)26-16-11-13-17(14-12-16)27-24(31)29-21-10-6-4-8-19(21)25/h3-10,15-17H,11-14H2,1-2H3,(H,26,28)(H2,27,29,31)/t16-,17+. The zero-order valence-corrected chi connectivity index (χ0v) is 19.4. The molecule has 1 aliphatic rings. The Bertz CT molecular complexity index is 1060. The average molecular weight is 482 g/mol. The number of rotatable bonds is 5. The van der Waals surface area contributed by atoms with E-state index in [2.05, 4.69) is 69.1 Å². The zero-order valence-electron chi connectivity index (χ0n) is 17.9. The molecular weight excluding hydrogens is 454 g/mol. The summed E-state index contributed by atoms with van der Waals surface area (Å²) >= 11 is 3.46. The molecule has 31 heavy (non-hydrogen) atoms. The van der Waals surface area contributed by atoms with Crippen molar-refractivity contribution in [3.05, 3.63) is 59.1 Å². The monoisotopic (exact) mass is 481 g/mol. The maximum Gasteiger partial charge on any atom is 0.319 e. The number of anilines is 3. The van der Waals surface area contributed by atoms with Crippen molar-refractivity contribution in [3.8, 4) is 0 Å². The molecule has 1 heterocycles. The molecule has 0 radical (unpaired) electrons. The van der Waals surface area contributed by atoms with Crippen molar-refractivity contribution >= 4 is 50.1 Å². The van der Waals surface area contributed by atoms with Crippen LogP contribution in [-0.2, 0) is 0 Å². The molecule has 0 aliphatic heterocycles. The number of nitrogens with one attached hydrogen (secondary N) is 3. The first-order valence-corrected chi connectivity index (χ1v) is 11.4. The number of para-hydroxylation sites is 2. The molecule has 1 fully saturated rings. The summed E-state index contributed by atoms with van der Waals surface area (Å²) < 4.78 is 0.873. The summed E-state index contributed by atoms with van der Waals surface area (Å²) in [5.41, 5.74) is 2.93. The van der Waals surface area contributed by atoms with E-state index in [0.29, 0.717) is 6.04 Å². The smallest absolute Gasteiger partial charge is 0.319 e. The molecule has 2 amide bonds. The Morgan fingerprint density at radius 2 is 1.68 bits per heavy atom. The lowest BCUT2D eigenvalue weighted by molar-refractivity contribution is 0.243. The summed E-state index contributed by atoms with van der Waals surface area (Å²) in [6.45, 7) is 0. The average Bonchev–Trinajstić information content (AvgIpc) is 2.76. The van der Waals surface area contributed by atoms with Crippen LogP contribution in [0.15, 0.2) is 59.1 Å². The molecule has 6 nitrogen and oxygen atoms in total. The third-order valence-corrected chi connectivity index (χ3v) is 6.40. The summed E-state index contributed by atoms with van der Waals surface area (Å²) in [6.07, 6.45) is 3.86. The largest absolute Gasteiger partial charge is 0.377 e. The molecule has 1 aromatic heterocycles. The molecule has 0 saturated heterocycles. The molecule has 0 bridgehead atoms. The minimum atomic E-state index is -0.157. The van der Waals surface area contributed by atoms with Gasteiger partial charge in [-0.05, 0) is 59.8 Å². The van der Waals surface area contributed by atoms with Gasteiger partial charge in [-0.25, -0.2) is 9.78 Å². The van der Waals surface area contributed by atoms with Gasteiger partial charge in [0.2, 0.25) is 0 Å². The van der Waals surface area contributed by atoms with Crippen molar-refractivity contribution in [2.75, 3.05) is 29.6 Å². The van der Waals surface area contributed by atoms with Crippen molar-refractivity contribution in [1.29, 1.82) is 0 Å². The van der Waals surface area contributed by atoms with Crippen LogP contribution in [0.1, 0.15) is 25.7 Å². The molecule has 4 rings (SSSR count). The van der Waals surface area contributed by atoms with E-state index in [1.807, 2.05) is 36.4 Å². The molecule has 3 aromatic rings. The second-order valence-electron chi connectivity index (χ2n) is 8.21. The van der Waals surface area contributed by atoms with E-state index < -0.39 is 0 Å². The summed E-state index contributed by atoms with van der Waals surface area (Å²) in [7, 11) is 4.11. The number of pyridine rings is 1. The van der Waals surface area contributed by atoms with Gasteiger partial charge in [-0.1, -0.05) is 30.3 Å². The molecule has 0 unspecified atom stereocenters. The number of nitrogens with zero attached hydrogens (tertiary/aromatic N) is 2. The third-order valence-electron chi connectivity index (χ3n) is 5.71. The Balaban J connectivity index is 1.33. The highest BCUT2D eigenvalue weighted by Crippen LogP contribution is 2.29. The van der Waals surface area contributed by atoms with E-state index in [4.69, 9.17) is 4.98 Å². The van der Waals surface area contributed by atoms with Crippen molar-refractivity contribution < 1.29 is 4.79 Å². The minimum absolute atomic E-state index is 0.157. The molecular formula is C24H28BrN5O. The first kappa shape index (κ1) is 21.4. The van der Waals surface area contributed by atoms with E-state index in [1.54, 1.807) is 0 Å². The van der Waals surface area contributed by atoms with Crippen molar-refractivity contribution in [3.63, 3.8) is 0 Å². The fourth-order valence-electron chi connectivity index (χ4n) is 4.10. The quantitative estimate of drug-likeness (QED) is 0.442. The first-order valence-electron chi connectivity index (χ1n) is 10.7. The lowest BCUT2D eigenvalue weighted by Crippen LogP contribution is -2.42. The normalized spacial score (nSPS) is 18.4. The lowest BCUT2D eigenvalue weighted by atomic mass is 9.91. The second kappa shape index (κ2) is 9.56. The Kier molecular flexibility index (Phi) is 6.61. The van der Waals surface area contributed by atoms with Gasteiger partial charge in [0.05, 0.1) is 11.2 Å². The van der Waals surface area contributed by atoms with E-state index in [9.17, 15) is 4.79 Å². The number of amides is 2. The van der Waals surface area contributed by atoms with Gasteiger partial charge in [-0.2, -0.15) is 0 Å². The predicted molar refractivity (Wildman–Crippen MR) is 132 cm³/mol. The molecule has 0 spiro atoms. The number of benzene rings is 2. The van der Waals surface area contributed by atoms with Gasteiger partial charge in [-0.15, -0.1) is 0 Å². The topological polar surface area (TPSA) is 69.3 Å². The molecule has 7 heteroatoms. The fourth-order valence-corrected chi connectivity index (χ4v) is 4.48. The lowest BCUT2D eigenvalue weighted by Gasteiger charge is -2.30. The van der Waals surface area contributed by atoms with Crippen molar-refractivity contribution in [2.24, 2.45) is 0 Å². The Morgan fingerprint density at radius 3 is 2.42 bits per heavy atom. The van der Waals surface area contributed by atoms with Crippen LogP contribution in [0, 0.1) is 0 Å². The maximum atomic E-state index is 12.4. The van der Waals surface area contributed by atoms with Crippen molar-refractivity contribution in [2.45, 2.75) is 37.8 Å². The maximum absolute atomic E-state index is 12.4. The van der Waals surface area contributed by atoms with Gasteiger partial charge in [0.1, 0.15) is 5.82 Å². The minimum Gasteiger partial charge on any atom is -0.377 e. The molecule has 2 aromatic carbocycles. The summed E-state index contributed by atoms with van der Waals surface area (Å²) in [6, 6.07) is 18.4. The van der Waals surface area contributed by atoms with Gasteiger partial charge in [-0.3, -0.25) is 0 Å². The summed E-state index contributed by atoms with van der Waals surface area (Å²) in [4.78, 5) is 19.3. The van der Waals surface area contributed by atoms with Crippen LogP contribution >= 0.6 is 15.9 Å². The van der Waals surface area contributed by atoms with Crippen LogP contribution in [0.5, 0.6) is 0 Å². The van der Waals surface area contributed by atoms with E-state index in [1.165, 1.54) is 0 Å². The number of hydrogen-bond acceptors (Lipinski definition) is 4. The fraction of sp³-hybridized carbons (Fsp3) is 0.333. The summed E-state index contributed by atoms with van der Waals surface area (Å²) in [5, 5.41) is 10.8. The van der Waals surface area contributed by atoms with Gasteiger partial charge in [0.15, 0.2) is 0 Å². The van der Waals surface area contributed by atoms with Crippen LogP contribution in [0.2, 0.25) is 0 Å². The molecule has 3 N–H and O–H groups in total. The molecule has 1 aliphatic carbocycles. The zero-order chi connectivity index (χ0) is 21.8.